The minimum atomic E-state index is -5.08. The Kier molecular flexibility index (Phi) is 15.1. The Balaban J connectivity index is 0.00000103. The van der Waals surface area contributed by atoms with Crippen LogP contribution in [-0.4, -0.2) is 74.3 Å². The highest BCUT2D eigenvalue weighted by Crippen LogP contribution is 2.41. The Morgan fingerprint density at radius 2 is 1.62 bits per heavy atom. The standard InChI is InChI=1S/C31H40F2N4O3S.C2HF3O2/c1-31(2,3)29(37(14-7-13-34)28(38)20-41-15-12-26(35)30(39)40)27-16-22(24-17-23(32)10-11-25(24)33)19-36(27)18-21-8-5-4-6-9-21;3-2(4,5)1(6)7/h4-6,8-11,16-17,19,26,29H,7,12-15,18,20,34-35H2,1-3H3,(H,39,40);(H,6,7)/t26-,29-;/m0./s1. The zero-order valence-corrected chi connectivity index (χ0v) is 27.7. The van der Waals surface area contributed by atoms with Crippen molar-refractivity contribution in [2.24, 2.45) is 16.9 Å². The van der Waals surface area contributed by atoms with Gasteiger partial charge in [-0.3, -0.25) is 9.59 Å². The van der Waals surface area contributed by atoms with E-state index in [0.717, 1.165) is 23.4 Å². The van der Waals surface area contributed by atoms with Crippen LogP contribution in [0.3, 0.4) is 0 Å². The van der Waals surface area contributed by atoms with Crippen molar-refractivity contribution >= 4 is 29.6 Å². The van der Waals surface area contributed by atoms with E-state index in [0.29, 0.717) is 37.4 Å². The van der Waals surface area contributed by atoms with Gasteiger partial charge in [0.25, 0.3) is 0 Å². The molecule has 0 aliphatic heterocycles. The lowest BCUT2D eigenvalue weighted by molar-refractivity contribution is -0.192. The highest BCUT2D eigenvalue weighted by Gasteiger charge is 2.38. The molecule has 3 aromatic rings. The van der Waals surface area contributed by atoms with Crippen molar-refractivity contribution in [1.29, 1.82) is 0 Å². The summed E-state index contributed by atoms with van der Waals surface area (Å²) in [6, 6.07) is 13.6. The van der Waals surface area contributed by atoms with Crippen LogP contribution in [-0.2, 0) is 20.9 Å². The quantitative estimate of drug-likeness (QED) is 0.120. The predicted molar refractivity (Wildman–Crippen MR) is 174 cm³/mol. The molecule has 0 aliphatic rings. The average molecular weight is 701 g/mol. The summed E-state index contributed by atoms with van der Waals surface area (Å²) in [4.78, 5) is 35.5. The van der Waals surface area contributed by atoms with Crippen molar-refractivity contribution in [3.05, 3.63) is 83.7 Å². The Hall–Kier alpha value is -3.95. The van der Waals surface area contributed by atoms with Gasteiger partial charge in [0.05, 0.1) is 11.8 Å². The van der Waals surface area contributed by atoms with Crippen LogP contribution in [0.25, 0.3) is 11.1 Å². The van der Waals surface area contributed by atoms with E-state index in [1.54, 1.807) is 0 Å². The van der Waals surface area contributed by atoms with Gasteiger partial charge in [-0.15, -0.1) is 0 Å². The van der Waals surface area contributed by atoms with E-state index in [2.05, 4.69) is 0 Å². The van der Waals surface area contributed by atoms with Crippen molar-refractivity contribution in [1.82, 2.24) is 9.47 Å². The lowest BCUT2D eigenvalue weighted by atomic mass is 9.83. The zero-order chi connectivity index (χ0) is 36.2. The number of halogens is 5. The molecule has 48 heavy (non-hydrogen) atoms. The van der Waals surface area contributed by atoms with Gasteiger partial charge in [-0.05, 0) is 60.4 Å². The van der Waals surface area contributed by atoms with E-state index in [-0.39, 0.29) is 23.6 Å². The minimum Gasteiger partial charge on any atom is -0.480 e. The van der Waals surface area contributed by atoms with Gasteiger partial charge >= 0.3 is 18.1 Å². The number of nitrogens with zero attached hydrogens (tertiary/aromatic N) is 2. The van der Waals surface area contributed by atoms with E-state index in [1.165, 1.54) is 17.8 Å². The summed E-state index contributed by atoms with van der Waals surface area (Å²) in [5.41, 5.74) is 13.5. The van der Waals surface area contributed by atoms with Crippen LogP contribution in [0.15, 0.2) is 60.8 Å². The number of rotatable bonds is 14. The summed E-state index contributed by atoms with van der Waals surface area (Å²) >= 11 is 1.34. The van der Waals surface area contributed by atoms with Crippen LogP contribution in [0, 0.1) is 17.0 Å². The highest BCUT2D eigenvalue weighted by atomic mass is 32.2. The average Bonchev–Trinajstić information content (AvgIpc) is 3.40. The molecule has 15 heteroatoms. The molecule has 0 bridgehead atoms. The Labute approximate surface area is 280 Å². The summed E-state index contributed by atoms with van der Waals surface area (Å²) in [6.07, 6.45) is -2.44. The molecule has 9 nitrogen and oxygen atoms in total. The third kappa shape index (κ3) is 12.3. The van der Waals surface area contributed by atoms with Gasteiger partial charge in [-0.25, -0.2) is 13.6 Å². The van der Waals surface area contributed by atoms with Crippen LogP contribution >= 0.6 is 11.8 Å². The van der Waals surface area contributed by atoms with Crippen molar-refractivity contribution < 1.29 is 46.5 Å². The topological polar surface area (TPSA) is 152 Å². The first-order valence-electron chi connectivity index (χ1n) is 14.9. The highest BCUT2D eigenvalue weighted by molar-refractivity contribution is 7.99. The van der Waals surface area contributed by atoms with E-state index in [9.17, 15) is 31.5 Å². The molecule has 2 aromatic carbocycles. The number of nitrogens with two attached hydrogens (primary N) is 2. The Morgan fingerprint density at radius 3 is 2.17 bits per heavy atom. The molecule has 0 aliphatic carbocycles. The van der Waals surface area contributed by atoms with Gasteiger partial charge in [-0.2, -0.15) is 24.9 Å². The number of aromatic nitrogens is 1. The fourth-order valence-electron chi connectivity index (χ4n) is 4.85. The predicted octanol–water partition coefficient (Wildman–Crippen LogP) is 5.91. The van der Waals surface area contributed by atoms with Gasteiger partial charge in [0.15, 0.2) is 0 Å². The van der Waals surface area contributed by atoms with Gasteiger partial charge in [0.2, 0.25) is 5.91 Å². The first kappa shape index (κ1) is 40.2. The summed E-state index contributed by atoms with van der Waals surface area (Å²) in [5, 5.41) is 16.2. The molecule has 1 aromatic heterocycles. The largest absolute Gasteiger partial charge is 0.490 e. The maximum Gasteiger partial charge on any atom is 0.490 e. The first-order chi connectivity index (χ1) is 22.4. The molecule has 0 unspecified atom stereocenters. The monoisotopic (exact) mass is 700 g/mol. The molecule has 0 saturated heterocycles. The number of carbonyl (C=O) groups is 3. The van der Waals surface area contributed by atoms with Crippen LogP contribution in [0.5, 0.6) is 0 Å². The molecule has 264 valence electrons. The zero-order valence-electron chi connectivity index (χ0n) is 26.8. The Bertz CT molecular complexity index is 1510. The van der Waals surface area contributed by atoms with E-state index < -0.39 is 47.2 Å². The lowest BCUT2D eigenvalue weighted by Gasteiger charge is -2.41. The first-order valence-corrected chi connectivity index (χ1v) is 16.1. The molecule has 0 radical (unpaired) electrons. The normalized spacial score (nSPS) is 12.9. The maximum atomic E-state index is 14.9. The van der Waals surface area contributed by atoms with Gasteiger partial charge in [0.1, 0.15) is 17.7 Å². The molecule has 0 fully saturated rings. The number of alkyl halides is 3. The molecule has 1 amide bonds. The third-order valence-electron chi connectivity index (χ3n) is 7.06. The van der Waals surface area contributed by atoms with Crippen molar-refractivity contribution in [2.45, 2.75) is 58.4 Å². The second-order valence-electron chi connectivity index (χ2n) is 12.0. The van der Waals surface area contributed by atoms with Gasteiger partial charge < -0.3 is 31.1 Å². The third-order valence-corrected chi connectivity index (χ3v) is 8.03. The fraction of sp³-hybridized carbons (Fsp3) is 0.424. The van der Waals surface area contributed by atoms with Crippen LogP contribution in [0.4, 0.5) is 22.0 Å². The number of carboxylic acid groups (broad SMARTS) is 2. The number of hydrogen-bond donors (Lipinski definition) is 4. The number of hydrogen-bond acceptors (Lipinski definition) is 6. The molecular weight excluding hydrogens is 659 g/mol. The summed E-state index contributed by atoms with van der Waals surface area (Å²) in [5.74, 6) is -4.43. The van der Waals surface area contributed by atoms with E-state index >= 15 is 0 Å². The number of carboxylic acids is 2. The number of thioether (sulfide) groups is 1. The molecular formula is C33H41F5N4O5S. The van der Waals surface area contributed by atoms with Crippen molar-refractivity contribution in [3.63, 3.8) is 0 Å². The van der Waals surface area contributed by atoms with Crippen molar-refractivity contribution in [2.75, 3.05) is 24.6 Å². The molecule has 2 atom stereocenters. The minimum absolute atomic E-state index is 0.113. The second-order valence-corrected chi connectivity index (χ2v) is 13.1. The number of carbonyl (C=O) groups excluding carboxylic acids is 1. The van der Waals surface area contributed by atoms with Crippen molar-refractivity contribution in [3.8, 4) is 11.1 Å². The molecule has 0 spiro atoms. The smallest absolute Gasteiger partial charge is 0.480 e. The maximum absolute atomic E-state index is 14.9. The van der Waals surface area contributed by atoms with Gasteiger partial charge in [-0.1, -0.05) is 51.1 Å². The second kappa shape index (κ2) is 18.0. The SMILES string of the molecule is CC(C)(C)[C@H](c1cc(-c2cc(F)ccc2F)cn1Cc1ccccc1)N(CCCN)C(=O)CSCC[C@H](N)C(=O)O.O=C(O)C(F)(F)F. The van der Waals surface area contributed by atoms with Crippen LogP contribution < -0.4 is 11.5 Å². The lowest BCUT2D eigenvalue weighted by Crippen LogP contribution is -2.44. The molecule has 1 heterocycles. The number of benzene rings is 2. The van der Waals surface area contributed by atoms with E-state index in [4.69, 9.17) is 26.5 Å². The fourth-order valence-corrected chi connectivity index (χ4v) is 5.75. The number of amides is 1. The summed E-state index contributed by atoms with van der Waals surface area (Å²) in [6.45, 7) is 7.41. The summed E-state index contributed by atoms with van der Waals surface area (Å²) < 4.78 is 62.8. The number of aliphatic carboxylic acids is 2. The van der Waals surface area contributed by atoms with Crippen LogP contribution in [0.2, 0.25) is 0 Å². The molecule has 0 saturated carbocycles. The Morgan fingerprint density at radius 1 is 1.00 bits per heavy atom. The summed E-state index contributed by atoms with van der Waals surface area (Å²) in [7, 11) is 0. The molecule has 6 N–H and O–H groups in total. The van der Waals surface area contributed by atoms with Gasteiger partial charge in [0, 0.05) is 36.1 Å². The van der Waals surface area contributed by atoms with E-state index in [1.807, 2.05) is 72.8 Å². The molecule has 3 rings (SSSR count). The van der Waals surface area contributed by atoms with Crippen LogP contribution in [0.1, 0.15) is 50.9 Å².